The molecule has 1 heterocycles. The largest absolute Gasteiger partial charge is 0.503 e. The van der Waals surface area contributed by atoms with Gasteiger partial charge in [-0.05, 0) is 48.7 Å². The minimum atomic E-state index is -4.55. The smallest absolute Gasteiger partial charge is 0.416 e. The van der Waals surface area contributed by atoms with Gasteiger partial charge in [0.25, 0.3) is 0 Å². The standard InChI is InChI=1S/C26H19F4N3O4S/c27-17-7-6-16(12-19(17)31-21(34)11-13-2-1-3-15(10-13)26(28,29)30)37-20-9-8-18-23(22(20)35)38-25(32-18)33-24(36)14-4-5-14/h1-3,6-10,12,14,35H,4-5,11H2,(H,31,34)(H,32,33,36). The van der Waals surface area contributed by atoms with E-state index in [1.165, 1.54) is 30.3 Å². The summed E-state index contributed by atoms with van der Waals surface area (Å²) in [6.45, 7) is 0. The highest BCUT2D eigenvalue weighted by Crippen LogP contribution is 2.42. The Morgan fingerprint density at radius 3 is 2.61 bits per heavy atom. The molecule has 5 rings (SSSR count). The van der Waals surface area contributed by atoms with Crippen molar-refractivity contribution in [3.05, 3.63) is 71.5 Å². The highest BCUT2D eigenvalue weighted by atomic mass is 32.1. The van der Waals surface area contributed by atoms with E-state index in [1.807, 2.05) is 0 Å². The molecule has 1 fully saturated rings. The van der Waals surface area contributed by atoms with Gasteiger partial charge in [-0.15, -0.1) is 0 Å². The number of fused-ring (bicyclic) bond motifs is 1. The molecule has 0 aliphatic heterocycles. The number of hydrogen-bond donors (Lipinski definition) is 3. The summed E-state index contributed by atoms with van der Waals surface area (Å²) in [5.74, 6) is -1.74. The van der Waals surface area contributed by atoms with Crippen LogP contribution < -0.4 is 15.4 Å². The van der Waals surface area contributed by atoms with Gasteiger partial charge in [-0.25, -0.2) is 9.37 Å². The minimum Gasteiger partial charge on any atom is -0.503 e. The average Bonchev–Trinajstić information content (AvgIpc) is 3.63. The fourth-order valence-electron chi connectivity index (χ4n) is 3.68. The molecule has 0 saturated heterocycles. The van der Waals surface area contributed by atoms with Gasteiger partial charge in [0.15, 0.2) is 16.6 Å². The number of aromatic nitrogens is 1. The summed E-state index contributed by atoms with van der Waals surface area (Å²) >= 11 is 1.08. The first kappa shape index (κ1) is 25.5. The van der Waals surface area contributed by atoms with E-state index in [0.29, 0.717) is 15.3 Å². The van der Waals surface area contributed by atoms with Crippen LogP contribution >= 0.6 is 11.3 Å². The van der Waals surface area contributed by atoms with Crippen molar-refractivity contribution < 1.29 is 37.0 Å². The number of ether oxygens (including phenoxy) is 1. The lowest BCUT2D eigenvalue weighted by molar-refractivity contribution is -0.137. The van der Waals surface area contributed by atoms with Crippen LogP contribution in [0.2, 0.25) is 0 Å². The number of amides is 2. The van der Waals surface area contributed by atoms with Crippen molar-refractivity contribution in [1.29, 1.82) is 0 Å². The molecule has 0 unspecified atom stereocenters. The Balaban J connectivity index is 1.30. The number of anilines is 2. The minimum absolute atomic E-state index is 0.00674. The van der Waals surface area contributed by atoms with Gasteiger partial charge >= 0.3 is 6.18 Å². The van der Waals surface area contributed by atoms with Crippen LogP contribution in [-0.2, 0) is 22.2 Å². The van der Waals surface area contributed by atoms with Gasteiger partial charge in [0, 0.05) is 12.0 Å². The molecule has 3 aromatic carbocycles. The maximum Gasteiger partial charge on any atom is 0.416 e. The second kappa shape index (κ2) is 9.93. The molecular weight excluding hydrogens is 526 g/mol. The number of phenolic OH excluding ortho intramolecular Hbond substituents is 1. The zero-order valence-corrected chi connectivity index (χ0v) is 20.3. The first-order chi connectivity index (χ1) is 18.1. The number of halogens is 4. The third-order valence-corrected chi connectivity index (χ3v) is 6.72. The van der Waals surface area contributed by atoms with Gasteiger partial charge in [-0.2, -0.15) is 13.2 Å². The molecule has 1 aromatic heterocycles. The van der Waals surface area contributed by atoms with Crippen LogP contribution in [0.1, 0.15) is 24.0 Å². The summed E-state index contributed by atoms with van der Waals surface area (Å²) in [7, 11) is 0. The second-order valence-corrected chi connectivity index (χ2v) is 9.71. The summed E-state index contributed by atoms with van der Waals surface area (Å²) in [5.41, 5.74) is -0.573. The number of alkyl halides is 3. The van der Waals surface area contributed by atoms with E-state index in [0.717, 1.165) is 42.4 Å². The maximum atomic E-state index is 14.4. The summed E-state index contributed by atoms with van der Waals surface area (Å²) in [5, 5.41) is 16.1. The van der Waals surface area contributed by atoms with Crippen molar-refractivity contribution in [3.8, 4) is 17.2 Å². The number of nitrogens with one attached hydrogen (secondary N) is 2. The summed E-state index contributed by atoms with van der Waals surface area (Å²) in [4.78, 5) is 28.7. The van der Waals surface area contributed by atoms with Gasteiger partial charge < -0.3 is 20.5 Å². The molecule has 3 N–H and O–H groups in total. The number of nitrogens with zero attached hydrogens (tertiary/aromatic N) is 1. The molecular formula is C26H19F4N3O4S. The van der Waals surface area contributed by atoms with Crippen molar-refractivity contribution in [2.75, 3.05) is 10.6 Å². The van der Waals surface area contributed by atoms with Crippen molar-refractivity contribution in [2.24, 2.45) is 5.92 Å². The molecule has 7 nitrogen and oxygen atoms in total. The maximum absolute atomic E-state index is 14.4. The SMILES string of the molecule is O=C(Cc1cccc(C(F)(F)F)c1)Nc1cc(Oc2ccc3nc(NC(=O)C4CC4)sc3c2O)ccc1F. The lowest BCUT2D eigenvalue weighted by atomic mass is 10.1. The van der Waals surface area contributed by atoms with E-state index in [-0.39, 0.29) is 40.3 Å². The topological polar surface area (TPSA) is 101 Å². The Bertz CT molecular complexity index is 1550. The van der Waals surface area contributed by atoms with E-state index in [1.54, 1.807) is 6.07 Å². The number of benzene rings is 3. The number of aromatic hydroxyl groups is 1. The highest BCUT2D eigenvalue weighted by Gasteiger charge is 2.31. The molecule has 1 saturated carbocycles. The lowest BCUT2D eigenvalue weighted by Gasteiger charge is -2.12. The predicted molar refractivity (Wildman–Crippen MR) is 133 cm³/mol. The van der Waals surface area contributed by atoms with Crippen LogP contribution in [0.5, 0.6) is 17.2 Å². The summed E-state index contributed by atoms with van der Waals surface area (Å²) in [6.07, 6.45) is -3.28. The molecule has 1 aliphatic carbocycles. The first-order valence-corrected chi connectivity index (χ1v) is 12.3. The molecule has 2 amide bonds. The zero-order valence-electron chi connectivity index (χ0n) is 19.4. The van der Waals surface area contributed by atoms with E-state index in [4.69, 9.17) is 4.74 Å². The molecule has 0 radical (unpaired) electrons. The van der Waals surface area contributed by atoms with Crippen LogP contribution in [0.4, 0.5) is 28.4 Å². The normalized spacial score (nSPS) is 13.4. The Morgan fingerprint density at radius 2 is 1.87 bits per heavy atom. The Kier molecular flexibility index (Phi) is 6.66. The van der Waals surface area contributed by atoms with Crippen molar-refractivity contribution in [1.82, 2.24) is 4.98 Å². The lowest BCUT2D eigenvalue weighted by Crippen LogP contribution is -2.16. The fourth-order valence-corrected chi connectivity index (χ4v) is 4.58. The fraction of sp³-hybridized carbons (Fsp3) is 0.192. The third kappa shape index (κ3) is 5.70. The summed E-state index contributed by atoms with van der Waals surface area (Å²) in [6, 6.07) is 10.9. The number of phenols is 1. The molecule has 38 heavy (non-hydrogen) atoms. The second-order valence-electron chi connectivity index (χ2n) is 8.71. The van der Waals surface area contributed by atoms with Gasteiger partial charge in [0.2, 0.25) is 11.8 Å². The molecule has 196 valence electrons. The number of thiazole rings is 1. The molecule has 0 bridgehead atoms. The number of carbonyl (C=O) groups excluding carboxylic acids is 2. The van der Waals surface area contributed by atoms with Crippen molar-refractivity contribution in [3.63, 3.8) is 0 Å². The summed E-state index contributed by atoms with van der Waals surface area (Å²) < 4.78 is 59.2. The first-order valence-electron chi connectivity index (χ1n) is 11.4. The van der Waals surface area contributed by atoms with Gasteiger partial charge in [0.05, 0.1) is 23.2 Å². The van der Waals surface area contributed by atoms with Gasteiger partial charge in [-0.1, -0.05) is 29.5 Å². The van der Waals surface area contributed by atoms with Crippen LogP contribution in [0.25, 0.3) is 10.2 Å². The van der Waals surface area contributed by atoms with E-state index in [9.17, 15) is 32.3 Å². The average molecular weight is 546 g/mol. The van der Waals surface area contributed by atoms with Gasteiger partial charge in [-0.3, -0.25) is 9.59 Å². The van der Waals surface area contributed by atoms with E-state index < -0.39 is 29.9 Å². The van der Waals surface area contributed by atoms with Crippen LogP contribution in [0.3, 0.4) is 0 Å². The molecule has 0 spiro atoms. The quantitative estimate of drug-likeness (QED) is 0.231. The monoisotopic (exact) mass is 545 g/mol. The van der Waals surface area contributed by atoms with Crippen molar-refractivity contribution >= 4 is 44.2 Å². The molecule has 12 heteroatoms. The van der Waals surface area contributed by atoms with E-state index >= 15 is 0 Å². The van der Waals surface area contributed by atoms with Gasteiger partial charge in [0.1, 0.15) is 16.3 Å². The Hall–Kier alpha value is -4.19. The third-order valence-electron chi connectivity index (χ3n) is 5.73. The number of rotatable bonds is 7. The Morgan fingerprint density at radius 1 is 1.08 bits per heavy atom. The number of hydrogen-bond acceptors (Lipinski definition) is 6. The highest BCUT2D eigenvalue weighted by molar-refractivity contribution is 7.22. The van der Waals surface area contributed by atoms with Crippen LogP contribution in [0.15, 0.2) is 54.6 Å². The molecule has 1 aliphatic rings. The van der Waals surface area contributed by atoms with Crippen molar-refractivity contribution in [2.45, 2.75) is 25.4 Å². The Labute approximate surface area is 217 Å². The number of carbonyl (C=O) groups is 2. The van der Waals surface area contributed by atoms with E-state index in [2.05, 4.69) is 15.6 Å². The van der Waals surface area contributed by atoms with Crippen LogP contribution in [-0.4, -0.2) is 21.9 Å². The molecule has 4 aromatic rings. The predicted octanol–water partition coefficient (Wildman–Crippen LogP) is 6.48. The van der Waals surface area contributed by atoms with Crippen LogP contribution in [0, 0.1) is 11.7 Å². The molecule has 0 atom stereocenters. The zero-order chi connectivity index (χ0) is 27.0.